The molecule has 5 heterocycles. The molecule has 1 atom stereocenters. The Bertz CT molecular complexity index is 1220. The molecular weight excluding hydrogens is 366 g/mol. The average Bonchev–Trinajstić information content (AvgIpc) is 3.40. The third kappa shape index (κ3) is 2.62. The number of hydrogen-bond acceptors (Lipinski definition) is 8. The molecular formula is C16H17N9OS. The van der Waals surface area contributed by atoms with Crippen molar-refractivity contribution in [3.05, 3.63) is 39.5 Å². The molecule has 1 aliphatic rings. The molecule has 138 valence electrons. The second-order valence-electron chi connectivity index (χ2n) is 6.48. The van der Waals surface area contributed by atoms with Crippen LogP contribution in [0.2, 0.25) is 0 Å². The van der Waals surface area contributed by atoms with E-state index in [0.29, 0.717) is 18.5 Å². The molecule has 4 aromatic rings. The fourth-order valence-corrected chi connectivity index (χ4v) is 4.46. The Morgan fingerprint density at radius 2 is 2.22 bits per heavy atom. The Morgan fingerprint density at radius 3 is 2.96 bits per heavy atom. The van der Waals surface area contributed by atoms with Gasteiger partial charge in [0.15, 0.2) is 5.65 Å². The Balaban J connectivity index is 1.55. The van der Waals surface area contributed by atoms with Crippen molar-refractivity contribution in [2.45, 2.75) is 19.0 Å². The van der Waals surface area contributed by atoms with Crippen molar-refractivity contribution in [3.63, 3.8) is 0 Å². The fraction of sp³-hybridized carbons (Fsp3) is 0.312. The Hall–Kier alpha value is -3.05. The molecule has 0 spiro atoms. The standard InChI is InChI=1S/C16H17N9OS/c1-23-13-11(7-19-25(16(13)26)8-10-6-18-24(2)22-10)14-15(23)20-12(27-14)5-9-3-4-17-21-9/h3-4,6-7,10,22H,5,8H2,1-2H3,(H,17,21). The van der Waals surface area contributed by atoms with Crippen LogP contribution in [0.5, 0.6) is 0 Å². The molecule has 0 fully saturated rings. The maximum Gasteiger partial charge on any atom is 0.291 e. The number of hydrogen-bond donors (Lipinski definition) is 2. The van der Waals surface area contributed by atoms with Crippen LogP contribution in [0.3, 0.4) is 0 Å². The molecule has 5 rings (SSSR count). The summed E-state index contributed by atoms with van der Waals surface area (Å²) in [4.78, 5) is 17.7. The monoisotopic (exact) mass is 383 g/mol. The van der Waals surface area contributed by atoms with Crippen LogP contribution in [0.25, 0.3) is 21.3 Å². The van der Waals surface area contributed by atoms with Crippen molar-refractivity contribution >= 4 is 38.8 Å². The number of hydrazine groups is 1. The summed E-state index contributed by atoms with van der Waals surface area (Å²) >= 11 is 1.58. The van der Waals surface area contributed by atoms with Crippen molar-refractivity contribution in [2.24, 2.45) is 12.1 Å². The first-order valence-electron chi connectivity index (χ1n) is 8.47. The highest BCUT2D eigenvalue weighted by Crippen LogP contribution is 2.31. The van der Waals surface area contributed by atoms with Gasteiger partial charge in [0.1, 0.15) is 10.5 Å². The van der Waals surface area contributed by atoms with Gasteiger partial charge in [-0.2, -0.15) is 15.3 Å². The summed E-state index contributed by atoms with van der Waals surface area (Å²) in [7, 11) is 3.69. The van der Waals surface area contributed by atoms with E-state index >= 15 is 0 Å². The number of rotatable bonds is 4. The van der Waals surface area contributed by atoms with Crippen LogP contribution in [0.15, 0.2) is 28.4 Å². The number of fused-ring (bicyclic) bond motifs is 3. The largest absolute Gasteiger partial charge is 0.323 e. The van der Waals surface area contributed by atoms with Crippen LogP contribution in [-0.2, 0) is 20.0 Å². The van der Waals surface area contributed by atoms with Crippen LogP contribution in [0.4, 0.5) is 0 Å². The number of aromatic nitrogens is 6. The number of thiazole rings is 1. The zero-order valence-electron chi connectivity index (χ0n) is 14.7. The topological polar surface area (TPSA) is 109 Å². The first-order valence-corrected chi connectivity index (χ1v) is 9.28. The van der Waals surface area contributed by atoms with E-state index in [0.717, 1.165) is 26.4 Å². The van der Waals surface area contributed by atoms with Gasteiger partial charge in [-0.1, -0.05) is 0 Å². The summed E-state index contributed by atoms with van der Waals surface area (Å²) in [5.74, 6) is 0. The number of aryl methyl sites for hydroxylation is 1. The quantitative estimate of drug-likeness (QED) is 0.530. The maximum atomic E-state index is 13.0. The minimum Gasteiger partial charge on any atom is -0.323 e. The zero-order valence-corrected chi connectivity index (χ0v) is 15.6. The molecule has 11 heteroatoms. The van der Waals surface area contributed by atoms with Crippen LogP contribution in [-0.4, -0.2) is 54.0 Å². The molecule has 0 saturated carbocycles. The van der Waals surface area contributed by atoms with Crippen molar-refractivity contribution in [1.82, 2.24) is 40.1 Å². The molecule has 2 N–H and O–H groups in total. The maximum absolute atomic E-state index is 13.0. The Labute approximate surface area is 157 Å². The van der Waals surface area contributed by atoms with Gasteiger partial charge in [0.2, 0.25) is 0 Å². The van der Waals surface area contributed by atoms with E-state index in [-0.39, 0.29) is 11.6 Å². The normalized spacial score (nSPS) is 17.0. The molecule has 0 saturated heterocycles. The van der Waals surface area contributed by atoms with Gasteiger partial charge in [0.25, 0.3) is 5.56 Å². The van der Waals surface area contributed by atoms with Crippen molar-refractivity contribution < 1.29 is 0 Å². The Kier molecular flexibility index (Phi) is 3.58. The number of hydrazone groups is 1. The molecule has 10 nitrogen and oxygen atoms in total. The van der Waals surface area contributed by atoms with Gasteiger partial charge in [0, 0.05) is 38.3 Å². The molecule has 1 unspecified atom stereocenters. The van der Waals surface area contributed by atoms with Crippen molar-refractivity contribution in [2.75, 3.05) is 7.05 Å². The van der Waals surface area contributed by atoms with E-state index in [1.165, 1.54) is 4.68 Å². The molecule has 0 radical (unpaired) electrons. The molecule has 0 aromatic carbocycles. The van der Waals surface area contributed by atoms with Crippen LogP contribution >= 0.6 is 11.3 Å². The molecule has 0 aliphatic carbocycles. The minimum atomic E-state index is -0.126. The number of nitrogens with zero attached hydrogens (tertiary/aromatic N) is 7. The van der Waals surface area contributed by atoms with Gasteiger partial charge in [-0.3, -0.25) is 9.89 Å². The van der Waals surface area contributed by atoms with Gasteiger partial charge < -0.3 is 4.57 Å². The lowest BCUT2D eigenvalue weighted by Crippen LogP contribution is -2.39. The highest BCUT2D eigenvalue weighted by Gasteiger charge is 2.20. The third-order valence-electron chi connectivity index (χ3n) is 4.60. The van der Waals surface area contributed by atoms with Gasteiger partial charge >= 0.3 is 0 Å². The van der Waals surface area contributed by atoms with E-state index in [1.807, 2.05) is 24.7 Å². The lowest BCUT2D eigenvalue weighted by atomic mass is 10.3. The third-order valence-corrected chi connectivity index (χ3v) is 5.68. The smallest absolute Gasteiger partial charge is 0.291 e. The van der Waals surface area contributed by atoms with E-state index < -0.39 is 0 Å². The summed E-state index contributed by atoms with van der Waals surface area (Å²) < 4.78 is 4.31. The van der Waals surface area contributed by atoms with E-state index in [2.05, 4.69) is 25.8 Å². The number of nitrogens with one attached hydrogen (secondary N) is 2. The number of aromatic amines is 1. The first-order chi connectivity index (χ1) is 13.1. The van der Waals surface area contributed by atoms with Crippen molar-refractivity contribution in [3.8, 4) is 0 Å². The summed E-state index contributed by atoms with van der Waals surface area (Å²) in [5, 5.41) is 18.9. The molecule has 4 aromatic heterocycles. The van der Waals surface area contributed by atoms with Crippen LogP contribution in [0.1, 0.15) is 10.7 Å². The first kappa shape index (κ1) is 16.1. The average molecular weight is 383 g/mol. The molecule has 0 amide bonds. The van der Waals surface area contributed by atoms with Gasteiger partial charge in [-0.05, 0) is 6.07 Å². The van der Waals surface area contributed by atoms with E-state index in [4.69, 9.17) is 4.98 Å². The van der Waals surface area contributed by atoms with Crippen molar-refractivity contribution in [1.29, 1.82) is 0 Å². The number of H-pyrrole nitrogens is 1. The summed E-state index contributed by atoms with van der Waals surface area (Å²) in [6.45, 7) is 0.416. The summed E-state index contributed by atoms with van der Waals surface area (Å²) in [6.07, 6.45) is 5.98. The SMILES string of the molecule is CN1N=CC(Cn2ncc3c4sc(Cc5cc[nH]n5)nc4n(C)c3c2=O)N1. The van der Waals surface area contributed by atoms with E-state index in [1.54, 1.807) is 35.1 Å². The summed E-state index contributed by atoms with van der Waals surface area (Å²) in [5.41, 5.74) is 5.36. The zero-order chi connectivity index (χ0) is 18.5. The lowest BCUT2D eigenvalue weighted by molar-refractivity contribution is 0.250. The predicted molar refractivity (Wildman–Crippen MR) is 103 cm³/mol. The second-order valence-corrected chi connectivity index (χ2v) is 7.56. The summed E-state index contributed by atoms with van der Waals surface area (Å²) in [6, 6.07) is 1.87. The van der Waals surface area contributed by atoms with Crippen LogP contribution in [0, 0.1) is 0 Å². The highest BCUT2D eigenvalue weighted by atomic mass is 32.1. The van der Waals surface area contributed by atoms with Gasteiger partial charge in [-0.15, -0.1) is 11.3 Å². The molecule has 0 bridgehead atoms. The lowest BCUT2D eigenvalue weighted by Gasteiger charge is -2.13. The predicted octanol–water partition coefficient (Wildman–Crippen LogP) is 0.463. The van der Waals surface area contributed by atoms with Crippen LogP contribution < -0.4 is 11.0 Å². The second kappa shape index (κ2) is 5.99. The fourth-order valence-electron chi connectivity index (χ4n) is 3.34. The Morgan fingerprint density at radius 1 is 1.33 bits per heavy atom. The van der Waals surface area contributed by atoms with Gasteiger partial charge in [0.05, 0.1) is 29.2 Å². The highest BCUT2D eigenvalue weighted by molar-refractivity contribution is 7.19. The molecule has 27 heavy (non-hydrogen) atoms. The van der Waals surface area contributed by atoms with Gasteiger partial charge in [-0.25, -0.2) is 20.2 Å². The minimum absolute atomic E-state index is 0.0578. The molecule has 1 aliphatic heterocycles. The van der Waals surface area contributed by atoms with E-state index in [9.17, 15) is 4.79 Å².